The number of aryl methyl sites for hydroxylation is 1. The Bertz CT molecular complexity index is 639. The minimum atomic E-state index is -0.309. The zero-order valence-electron chi connectivity index (χ0n) is 11.6. The Morgan fingerprint density at radius 1 is 1.29 bits per heavy atom. The van der Waals surface area contributed by atoms with Crippen LogP contribution in [0.3, 0.4) is 0 Å². The van der Waals surface area contributed by atoms with Crippen molar-refractivity contribution in [2.45, 2.75) is 12.8 Å². The number of carbonyl (C=O) groups is 1. The molecule has 0 saturated heterocycles. The van der Waals surface area contributed by atoms with Crippen LogP contribution < -0.4 is 5.32 Å². The summed E-state index contributed by atoms with van der Waals surface area (Å²) in [6, 6.07) is 14.0. The largest absolute Gasteiger partial charge is 0.351 e. The highest BCUT2D eigenvalue weighted by Crippen LogP contribution is 2.10. The summed E-state index contributed by atoms with van der Waals surface area (Å²) in [5, 5.41) is 15.7. The first-order valence-electron chi connectivity index (χ1n) is 6.75. The van der Waals surface area contributed by atoms with Gasteiger partial charge in [-0.3, -0.25) is 4.79 Å². The predicted molar refractivity (Wildman–Crippen MR) is 85.7 cm³/mol. The van der Waals surface area contributed by atoms with Crippen LogP contribution in [0.5, 0.6) is 0 Å². The third-order valence-corrected chi connectivity index (χ3v) is 3.69. The van der Waals surface area contributed by atoms with Crippen LogP contribution in [0.1, 0.15) is 17.5 Å². The summed E-state index contributed by atoms with van der Waals surface area (Å²) >= 11 is 1.54. The van der Waals surface area contributed by atoms with Crippen molar-refractivity contribution in [3.63, 3.8) is 0 Å². The number of thiophene rings is 1. The van der Waals surface area contributed by atoms with Gasteiger partial charge in [0.2, 0.25) is 0 Å². The minimum absolute atomic E-state index is 0.146. The lowest BCUT2D eigenvalue weighted by atomic mass is 10.1. The molecule has 0 saturated carbocycles. The molecule has 0 aliphatic rings. The molecule has 1 amide bonds. The van der Waals surface area contributed by atoms with Crippen molar-refractivity contribution in [2.75, 3.05) is 6.54 Å². The highest BCUT2D eigenvalue weighted by Gasteiger charge is 2.08. The van der Waals surface area contributed by atoms with Gasteiger partial charge in [0, 0.05) is 6.54 Å². The van der Waals surface area contributed by atoms with E-state index in [1.165, 1.54) is 16.9 Å². The molecule has 1 aromatic heterocycles. The first kappa shape index (κ1) is 15.0. The molecule has 1 heterocycles. The summed E-state index contributed by atoms with van der Waals surface area (Å²) in [6.07, 6.45) is 3.38. The number of rotatable bonds is 6. The van der Waals surface area contributed by atoms with Gasteiger partial charge in [-0.25, -0.2) is 0 Å². The molecular weight excluding hydrogens is 280 g/mol. The van der Waals surface area contributed by atoms with Crippen LogP contribution in [0.15, 0.2) is 52.7 Å². The van der Waals surface area contributed by atoms with Gasteiger partial charge in [0.15, 0.2) is 0 Å². The van der Waals surface area contributed by atoms with Crippen LogP contribution in [0, 0.1) is 11.3 Å². The van der Waals surface area contributed by atoms with Gasteiger partial charge in [0.05, 0.1) is 0 Å². The molecular formula is C17H16N2OS. The van der Waals surface area contributed by atoms with Crippen molar-refractivity contribution < 1.29 is 4.79 Å². The van der Waals surface area contributed by atoms with Gasteiger partial charge in [-0.1, -0.05) is 30.3 Å². The molecule has 1 N–H and O–H groups in total. The molecule has 4 heteroatoms. The number of hydrogen-bond donors (Lipinski definition) is 1. The van der Waals surface area contributed by atoms with E-state index in [0.29, 0.717) is 6.54 Å². The van der Waals surface area contributed by atoms with Crippen LogP contribution in [0.4, 0.5) is 0 Å². The molecule has 0 atom stereocenters. The molecule has 3 nitrogen and oxygen atoms in total. The van der Waals surface area contributed by atoms with Gasteiger partial charge in [-0.05, 0) is 46.9 Å². The van der Waals surface area contributed by atoms with E-state index in [0.717, 1.165) is 18.4 Å². The van der Waals surface area contributed by atoms with E-state index >= 15 is 0 Å². The van der Waals surface area contributed by atoms with Crippen molar-refractivity contribution in [3.8, 4) is 6.07 Å². The number of benzene rings is 1. The second-order valence-electron chi connectivity index (χ2n) is 4.57. The molecule has 0 radical (unpaired) electrons. The number of carbonyl (C=O) groups excluding carboxylic acids is 1. The van der Waals surface area contributed by atoms with Gasteiger partial charge in [0.25, 0.3) is 5.91 Å². The lowest BCUT2D eigenvalue weighted by Gasteiger charge is -2.04. The van der Waals surface area contributed by atoms with Crippen LogP contribution >= 0.6 is 11.3 Å². The van der Waals surface area contributed by atoms with Crippen molar-refractivity contribution in [2.24, 2.45) is 0 Å². The molecule has 2 rings (SSSR count). The minimum Gasteiger partial charge on any atom is -0.351 e. The van der Waals surface area contributed by atoms with Crippen LogP contribution in [-0.2, 0) is 11.2 Å². The fourth-order valence-electron chi connectivity index (χ4n) is 1.91. The molecule has 1 aromatic carbocycles. The molecule has 0 unspecified atom stereocenters. The van der Waals surface area contributed by atoms with Crippen LogP contribution in [-0.4, -0.2) is 12.5 Å². The number of amides is 1. The third-order valence-electron chi connectivity index (χ3n) is 2.99. The average molecular weight is 296 g/mol. The second kappa shape index (κ2) is 8.03. The molecule has 0 fully saturated rings. The zero-order valence-corrected chi connectivity index (χ0v) is 12.4. The van der Waals surface area contributed by atoms with E-state index < -0.39 is 0 Å². The molecule has 0 spiro atoms. The highest BCUT2D eigenvalue weighted by molar-refractivity contribution is 7.08. The summed E-state index contributed by atoms with van der Waals surface area (Å²) in [7, 11) is 0. The van der Waals surface area contributed by atoms with Crippen molar-refractivity contribution in [1.82, 2.24) is 5.32 Å². The Hall–Kier alpha value is -2.38. The van der Waals surface area contributed by atoms with E-state index in [9.17, 15) is 4.79 Å². The molecule has 0 bridgehead atoms. The Labute approximate surface area is 128 Å². The van der Waals surface area contributed by atoms with Gasteiger partial charge >= 0.3 is 0 Å². The lowest BCUT2D eigenvalue weighted by molar-refractivity contribution is -0.117. The summed E-state index contributed by atoms with van der Waals surface area (Å²) in [5.41, 5.74) is 2.28. The van der Waals surface area contributed by atoms with Crippen molar-refractivity contribution >= 4 is 23.3 Å². The number of nitriles is 1. The van der Waals surface area contributed by atoms with Crippen LogP contribution in [0.2, 0.25) is 0 Å². The van der Waals surface area contributed by atoms with Gasteiger partial charge in [-0.2, -0.15) is 16.6 Å². The SMILES string of the molecule is N#C/C(=C/c1ccsc1)C(=O)NCCCc1ccccc1. The fourth-order valence-corrected chi connectivity index (χ4v) is 2.52. The first-order valence-corrected chi connectivity index (χ1v) is 7.70. The zero-order chi connectivity index (χ0) is 14.9. The predicted octanol–water partition coefficient (Wildman–Crippen LogP) is 3.40. The topological polar surface area (TPSA) is 52.9 Å². The monoisotopic (exact) mass is 296 g/mol. The molecule has 2 aromatic rings. The molecule has 0 aliphatic carbocycles. The molecule has 106 valence electrons. The maximum absolute atomic E-state index is 11.9. The highest BCUT2D eigenvalue weighted by atomic mass is 32.1. The quantitative estimate of drug-likeness (QED) is 0.504. The Morgan fingerprint density at radius 3 is 2.76 bits per heavy atom. The van der Waals surface area contributed by atoms with E-state index in [2.05, 4.69) is 17.4 Å². The van der Waals surface area contributed by atoms with Crippen molar-refractivity contribution in [1.29, 1.82) is 5.26 Å². The maximum Gasteiger partial charge on any atom is 0.261 e. The van der Waals surface area contributed by atoms with Crippen molar-refractivity contribution in [3.05, 3.63) is 63.9 Å². The third kappa shape index (κ3) is 4.90. The van der Waals surface area contributed by atoms with E-state index in [4.69, 9.17) is 5.26 Å². The summed E-state index contributed by atoms with van der Waals surface area (Å²) in [4.78, 5) is 11.9. The number of nitrogens with one attached hydrogen (secondary N) is 1. The Balaban J connectivity index is 1.80. The molecule has 21 heavy (non-hydrogen) atoms. The van der Waals surface area contributed by atoms with E-state index in [1.807, 2.05) is 41.1 Å². The lowest BCUT2D eigenvalue weighted by Crippen LogP contribution is -2.25. The molecule has 0 aliphatic heterocycles. The van der Waals surface area contributed by atoms with Crippen LogP contribution in [0.25, 0.3) is 6.08 Å². The van der Waals surface area contributed by atoms with Gasteiger partial charge in [0.1, 0.15) is 11.6 Å². The summed E-state index contributed by atoms with van der Waals surface area (Å²) in [6.45, 7) is 0.566. The smallest absolute Gasteiger partial charge is 0.261 e. The number of nitrogens with zero attached hydrogens (tertiary/aromatic N) is 1. The fraction of sp³-hybridized carbons (Fsp3) is 0.176. The maximum atomic E-state index is 11.9. The number of hydrogen-bond acceptors (Lipinski definition) is 3. The van der Waals surface area contributed by atoms with Gasteiger partial charge < -0.3 is 5.32 Å². The second-order valence-corrected chi connectivity index (χ2v) is 5.35. The average Bonchev–Trinajstić information content (AvgIpc) is 3.03. The van der Waals surface area contributed by atoms with Gasteiger partial charge in [-0.15, -0.1) is 0 Å². The van der Waals surface area contributed by atoms with E-state index in [-0.39, 0.29) is 11.5 Å². The summed E-state index contributed by atoms with van der Waals surface area (Å²) < 4.78 is 0. The Morgan fingerprint density at radius 2 is 2.10 bits per heavy atom. The normalized spacial score (nSPS) is 10.9. The standard InChI is InChI=1S/C17H16N2OS/c18-12-16(11-15-8-10-21-13-15)17(20)19-9-4-7-14-5-2-1-3-6-14/h1-3,5-6,8,10-11,13H,4,7,9H2,(H,19,20)/b16-11-. The van der Waals surface area contributed by atoms with E-state index in [1.54, 1.807) is 6.08 Å². The summed E-state index contributed by atoms with van der Waals surface area (Å²) in [5.74, 6) is -0.309. The Kier molecular flexibility index (Phi) is 5.74. The first-order chi connectivity index (χ1) is 10.3.